The van der Waals surface area contributed by atoms with Crippen LogP contribution in [0.2, 0.25) is 0 Å². The predicted octanol–water partition coefficient (Wildman–Crippen LogP) is 3.77. The van der Waals surface area contributed by atoms with Crippen LogP contribution >= 0.6 is 0 Å². The van der Waals surface area contributed by atoms with Crippen molar-refractivity contribution in [3.63, 3.8) is 0 Å². The van der Waals surface area contributed by atoms with Gasteiger partial charge in [-0.25, -0.2) is 0 Å². The first-order valence-electron chi connectivity index (χ1n) is 9.40. The molecule has 1 atom stereocenters. The van der Waals surface area contributed by atoms with Gasteiger partial charge in [0.25, 0.3) is 0 Å². The first-order chi connectivity index (χ1) is 14.3. The van der Waals surface area contributed by atoms with Crippen molar-refractivity contribution in [1.82, 2.24) is 20.5 Å². The zero-order valence-electron chi connectivity index (χ0n) is 15.7. The molecule has 2 aromatic heterocycles. The summed E-state index contributed by atoms with van der Waals surface area (Å²) in [4.78, 5) is 17.3. The van der Waals surface area contributed by atoms with Crippen LogP contribution < -0.4 is 5.32 Å². The smallest absolute Gasteiger partial charge is 0.247 e. The lowest BCUT2D eigenvalue weighted by atomic mass is 9.93. The van der Waals surface area contributed by atoms with Gasteiger partial charge >= 0.3 is 0 Å². The molecule has 2 aromatic carbocycles. The highest BCUT2D eigenvalue weighted by atomic mass is 16.4. The van der Waals surface area contributed by atoms with E-state index in [9.17, 15) is 4.79 Å². The number of aromatic nitrogens is 3. The van der Waals surface area contributed by atoms with Gasteiger partial charge in [-0.3, -0.25) is 9.78 Å². The normalized spacial score (nSPS) is 11.7. The van der Waals surface area contributed by atoms with Crippen molar-refractivity contribution in [1.29, 1.82) is 0 Å². The van der Waals surface area contributed by atoms with Crippen LogP contribution in [0.15, 0.2) is 89.5 Å². The topological polar surface area (TPSA) is 80.9 Å². The zero-order valence-corrected chi connectivity index (χ0v) is 15.7. The Balaban J connectivity index is 1.46. The molecule has 2 heterocycles. The van der Waals surface area contributed by atoms with Crippen molar-refractivity contribution in [3.8, 4) is 11.5 Å². The van der Waals surface area contributed by atoms with Crippen molar-refractivity contribution in [3.05, 3.63) is 102 Å². The maximum atomic E-state index is 13.0. The van der Waals surface area contributed by atoms with E-state index < -0.39 is 0 Å². The molecule has 0 aliphatic carbocycles. The molecular weight excluding hydrogens is 364 g/mol. The number of amides is 1. The van der Waals surface area contributed by atoms with Crippen LogP contribution in [-0.4, -0.2) is 21.1 Å². The SMILES string of the molecule is O=C(NCc1nnc(-c2ccccc2)o1)C(Cc1ccccn1)c1ccccc1. The minimum Gasteiger partial charge on any atom is -0.419 e. The molecule has 144 valence electrons. The first kappa shape index (κ1) is 18.6. The van der Waals surface area contributed by atoms with E-state index in [-0.39, 0.29) is 18.4 Å². The maximum Gasteiger partial charge on any atom is 0.247 e. The Morgan fingerprint density at radius 2 is 1.62 bits per heavy atom. The lowest BCUT2D eigenvalue weighted by Gasteiger charge is -2.16. The molecule has 4 aromatic rings. The number of hydrogen-bond donors (Lipinski definition) is 1. The molecule has 6 nitrogen and oxygen atoms in total. The van der Waals surface area contributed by atoms with E-state index in [2.05, 4.69) is 20.5 Å². The molecule has 0 saturated heterocycles. The molecular formula is C23H20N4O2. The summed E-state index contributed by atoms with van der Waals surface area (Å²) in [5.41, 5.74) is 2.64. The third-order valence-corrected chi connectivity index (χ3v) is 4.56. The summed E-state index contributed by atoms with van der Waals surface area (Å²) in [5.74, 6) is 0.328. The Morgan fingerprint density at radius 1 is 0.897 bits per heavy atom. The van der Waals surface area contributed by atoms with Gasteiger partial charge in [-0.05, 0) is 29.8 Å². The second-order valence-corrected chi connectivity index (χ2v) is 6.57. The minimum atomic E-state index is -0.359. The number of nitrogens with one attached hydrogen (secondary N) is 1. The van der Waals surface area contributed by atoms with E-state index >= 15 is 0 Å². The van der Waals surface area contributed by atoms with Crippen LogP contribution in [-0.2, 0) is 17.8 Å². The van der Waals surface area contributed by atoms with E-state index in [4.69, 9.17) is 4.42 Å². The van der Waals surface area contributed by atoms with Crippen LogP contribution in [0.3, 0.4) is 0 Å². The van der Waals surface area contributed by atoms with Crippen LogP contribution in [0.5, 0.6) is 0 Å². The standard InChI is InChI=1S/C23H20N4O2/c28-22(25-16-21-26-27-23(29-21)18-11-5-2-6-12-18)20(17-9-3-1-4-10-17)15-19-13-7-8-14-24-19/h1-14,20H,15-16H2,(H,25,28). The third kappa shape index (κ3) is 4.73. The third-order valence-electron chi connectivity index (χ3n) is 4.56. The fourth-order valence-electron chi connectivity index (χ4n) is 3.08. The fourth-order valence-corrected chi connectivity index (χ4v) is 3.08. The van der Waals surface area contributed by atoms with Crippen molar-refractivity contribution in [2.75, 3.05) is 0 Å². The summed E-state index contributed by atoms with van der Waals surface area (Å²) in [5, 5.41) is 11.0. The van der Waals surface area contributed by atoms with Gasteiger partial charge in [0.05, 0.1) is 12.5 Å². The van der Waals surface area contributed by atoms with Crippen molar-refractivity contribution >= 4 is 5.91 Å². The summed E-state index contributed by atoms with van der Waals surface area (Å²) >= 11 is 0. The number of carbonyl (C=O) groups excluding carboxylic acids is 1. The molecule has 0 bridgehead atoms. The molecule has 0 fully saturated rings. The zero-order chi connectivity index (χ0) is 19.9. The largest absolute Gasteiger partial charge is 0.419 e. The average Bonchev–Trinajstić information content (AvgIpc) is 3.27. The van der Waals surface area contributed by atoms with E-state index in [1.165, 1.54) is 0 Å². The summed E-state index contributed by atoms with van der Waals surface area (Å²) < 4.78 is 5.67. The lowest BCUT2D eigenvalue weighted by molar-refractivity contribution is -0.122. The molecule has 0 saturated carbocycles. The quantitative estimate of drug-likeness (QED) is 0.524. The van der Waals surface area contributed by atoms with Crippen LogP contribution in [0, 0.1) is 0 Å². The van der Waals surface area contributed by atoms with Gasteiger partial charge in [0.2, 0.25) is 17.7 Å². The Labute approximate surface area is 168 Å². The Kier molecular flexibility index (Phi) is 5.71. The molecule has 0 aliphatic heterocycles. The molecule has 29 heavy (non-hydrogen) atoms. The first-order valence-corrected chi connectivity index (χ1v) is 9.40. The molecule has 1 amide bonds. The number of rotatable bonds is 7. The molecule has 4 rings (SSSR count). The number of benzene rings is 2. The van der Waals surface area contributed by atoms with E-state index in [1.54, 1.807) is 6.20 Å². The van der Waals surface area contributed by atoms with Gasteiger partial charge in [0, 0.05) is 23.9 Å². The monoisotopic (exact) mass is 384 g/mol. The number of pyridine rings is 1. The molecule has 0 spiro atoms. The summed E-state index contributed by atoms with van der Waals surface area (Å²) in [6, 6.07) is 24.9. The van der Waals surface area contributed by atoms with Crippen molar-refractivity contribution in [2.45, 2.75) is 18.9 Å². The predicted molar refractivity (Wildman–Crippen MR) is 109 cm³/mol. The van der Waals surface area contributed by atoms with Gasteiger partial charge in [0.15, 0.2) is 0 Å². The summed E-state index contributed by atoms with van der Waals surface area (Å²) in [6.45, 7) is 0.171. The van der Waals surface area contributed by atoms with Gasteiger partial charge in [-0.2, -0.15) is 0 Å². The average molecular weight is 384 g/mol. The van der Waals surface area contributed by atoms with Gasteiger partial charge < -0.3 is 9.73 Å². The van der Waals surface area contributed by atoms with Crippen LogP contribution in [0.4, 0.5) is 0 Å². The second kappa shape index (κ2) is 8.93. The van der Waals surface area contributed by atoms with E-state index in [0.29, 0.717) is 18.2 Å². The van der Waals surface area contributed by atoms with Crippen molar-refractivity contribution < 1.29 is 9.21 Å². The van der Waals surface area contributed by atoms with E-state index in [0.717, 1.165) is 16.8 Å². The number of hydrogen-bond acceptors (Lipinski definition) is 5. The van der Waals surface area contributed by atoms with Gasteiger partial charge in [-0.15, -0.1) is 10.2 Å². The van der Waals surface area contributed by atoms with Gasteiger partial charge in [-0.1, -0.05) is 54.6 Å². The fraction of sp³-hybridized carbons (Fsp3) is 0.130. The summed E-state index contributed by atoms with van der Waals surface area (Å²) in [7, 11) is 0. The Hall–Kier alpha value is -3.80. The molecule has 1 N–H and O–H groups in total. The number of nitrogens with zero attached hydrogens (tertiary/aromatic N) is 3. The Bertz CT molecular complexity index is 1050. The molecule has 1 unspecified atom stereocenters. The van der Waals surface area contributed by atoms with Crippen LogP contribution in [0.25, 0.3) is 11.5 Å². The van der Waals surface area contributed by atoms with E-state index in [1.807, 2.05) is 78.9 Å². The Morgan fingerprint density at radius 3 is 2.34 bits per heavy atom. The molecule has 0 radical (unpaired) electrons. The highest BCUT2D eigenvalue weighted by Crippen LogP contribution is 2.21. The van der Waals surface area contributed by atoms with Crippen molar-refractivity contribution in [2.24, 2.45) is 0 Å². The highest BCUT2D eigenvalue weighted by Gasteiger charge is 2.22. The van der Waals surface area contributed by atoms with Gasteiger partial charge in [0.1, 0.15) is 0 Å². The molecule has 0 aliphatic rings. The van der Waals surface area contributed by atoms with Crippen LogP contribution in [0.1, 0.15) is 23.1 Å². The molecule has 6 heteroatoms. The summed E-state index contributed by atoms with van der Waals surface area (Å²) in [6.07, 6.45) is 2.24. The minimum absolute atomic E-state index is 0.110. The lowest BCUT2D eigenvalue weighted by Crippen LogP contribution is -2.30. The highest BCUT2D eigenvalue weighted by molar-refractivity contribution is 5.83. The maximum absolute atomic E-state index is 13.0. The second-order valence-electron chi connectivity index (χ2n) is 6.57. The number of carbonyl (C=O) groups is 1.